The summed E-state index contributed by atoms with van der Waals surface area (Å²) >= 11 is 1.34. The molecule has 0 bridgehead atoms. The van der Waals surface area contributed by atoms with Gasteiger partial charge in [-0.25, -0.2) is 4.98 Å². The number of nitrogens with one attached hydrogen (secondary N) is 2. The highest BCUT2D eigenvalue weighted by Crippen LogP contribution is 2.31. The maximum atomic E-state index is 12.7. The molecule has 0 aliphatic heterocycles. The lowest BCUT2D eigenvalue weighted by Crippen LogP contribution is -2.32. The lowest BCUT2D eigenvalue weighted by Gasteiger charge is -2.21. The number of aromatic nitrogens is 2. The number of hydrogen-bond donors (Lipinski definition) is 2. The monoisotopic (exact) mass is 443 g/mol. The van der Waals surface area contributed by atoms with E-state index < -0.39 is 0 Å². The molecule has 0 saturated carbocycles. The number of amides is 2. The van der Waals surface area contributed by atoms with E-state index in [2.05, 4.69) is 21.4 Å². The fraction of sp³-hybridized carbons (Fsp3) is 0.167. The Morgan fingerprint density at radius 3 is 2.69 bits per heavy atom. The second kappa shape index (κ2) is 9.90. The smallest absolute Gasteiger partial charge is 0.227 e. The zero-order valence-corrected chi connectivity index (χ0v) is 18.1. The van der Waals surface area contributed by atoms with Crippen molar-refractivity contribution in [2.75, 3.05) is 16.8 Å². The minimum atomic E-state index is -0.272. The minimum Gasteiger partial charge on any atom is -0.360 e. The second-order valence-corrected chi connectivity index (χ2v) is 7.98. The van der Waals surface area contributed by atoms with E-state index in [9.17, 15) is 9.59 Å². The number of hydrogen-bond acceptors (Lipinski definition) is 5. The number of aromatic amines is 1. The third kappa shape index (κ3) is 4.85. The topological polar surface area (TPSA) is 102 Å². The van der Waals surface area contributed by atoms with Crippen LogP contribution in [0, 0.1) is 11.3 Å². The van der Waals surface area contributed by atoms with E-state index in [1.807, 2.05) is 66.2 Å². The summed E-state index contributed by atoms with van der Waals surface area (Å²) in [7, 11) is 0. The minimum absolute atomic E-state index is 0.0384. The summed E-state index contributed by atoms with van der Waals surface area (Å²) in [4.78, 5) is 34.4. The third-order valence-electron chi connectivity index (χ3n) is 5.00. The van der Waals surface area contributed by atoms with Gasteiger partial charge in [-0.05, 0) is 18.2 Å². The highest BCUT2D eigenvalue weighted by atomic mass is 32.1. The summed E-state index contributed by atoms with van der Waals surface area (Å²) < 4.78 is 0. The van der Waals surface area contributed by atoms with Crippen molar-refractivity contribution in [1.29, 1.82) is 5.26 Å². The number of benzene rings is 2. The Kier molecular flexibility index (Phi) is 6.58. The summed E-state index contributed by atoms with van der Waals surface area (Å²) in [6.07, 6.45) is 2.22. The average Bonchev–Trinajstić information content (AvgIpc) is 3.45. The predicted octanol–water partition coefficient (Wildman–Crippen LogP) is 4.96. The highest BCUT2D eigenvalue weighted by Gasteiger charge is 2.17. The fourth-order valence-electron chi connectivity index (χ4n) is 3.44. The first kappa shape index (κ1) is 21.3. The predicted molar refractivity (Wildman–Crippen MR) is 126 cm³/mol. The summed E-state index contributed by atoms with van der Waals surface area (Å²) in [6, 6.07) is 19.2. The van der Waals surface area contributed by atoms with Crippen LogP contribution in [0.4, 0.5) is 10.8 Å². The largest absolute Gasteiger partial charge is 0.360 e. The Balaban J connectivity index is 1.37. The van der Waals surface area contributed by atoms with Crippen LogP contribution < -0.4 is 10.2 Å². The van der Waals surface area contributed by atoms with E-state index in [-0.39, 0.29) is 31.1 Å². The maximum absolute atomic E-state index is 12.7. The molecule has 160 valence electrons. The molecular formula is C24H21N5O2S. The van der Waals surface area contributed by atoms with Crippen molar-refractivity contribution in [3.63, 3.8) is 0 Å². The number of nitriles is 1. The SMILES string of the molecule is N#CCCN(C(=O)CCC(=O)Nc1nc(-c2c[nH]c3ccccc23)cs1)c1ccccc1. The maximum Gasteiger partial charge on any atom is 0.227 e. The van der Waals surface area contributed by atoms with Crippen molar-refractivity contribution in [2.24, 2.45) is 0 Å². The molecule has 2 N–H and O–H groups in total. The van der Waals surface area contributed by atoms with Gasteiger partial charge in [0.1, 0.15) is 0 Å². The van der Waals surface area contributed by atoms with E-state index in [1.165, 1.54) is 11.3 Å². The molecule has 0 aliphatic carbocycles. The molecule has 0 atom stereocenters. The molecule has 2 amide bonds. The lowest BCUT2D eigenvalue weighted by atomic mass is 10.1. The van der Waals surface area contributed by atoms with Crippen LogP contribution in [0.25, 0.3) is 22.2 Å². The number of nitrogens with zero attached hydrogens (tertiary/aromatic N) is 3. The van der Waals surface area contributed by atoms with Crippen LogP contribution in [0.3, 0.4) is 0 Å². The molecule has 32 heavy (non-hydrogen) atoms. The van der Waals surface area contributed by atoms with Gasteiger partial charge in [-0.2, -0.15) is 5.26 Å². The molecule has 0 saturated heterocycles. The van der Waals surface area contributed by atoms with Crippen LogP contribution in [-0.2, 0) is 9.59 Å². The van der Waals surface area contributed by atoms with Gasteiger partial charge < -0.3 is 15.2 Å². The quantitative estimate of drug-likeness (QED) is 0.402. The summed E-state index contributed by atoms with van der Waals surface area (Å²) in [5.41, 5.74) is 3.50. The Bertz CT molecular complexity index is 1270. The van der Waals surface area contributed by atoms with Gasteiger partial charge in [0.05, 0.1) is 18.2 Å². The van der Waals surface area contributed by atoms with Crippen molar-refractivity contribution in [3.05, 3.63) is 66.2 Å². The van der Waals surface area contributed by atoms with Crippen LogP contribution in [0.1, 0.15) is 19.3 Å². The molecule has 2 heterocycles. The fourth-order valence-corrected chi connectivity index (χ4v) is 4.17. The molecule has 0 aliphatic rings. The van der Waals surface area contributed by atoms with E-state index in [0.29, 0.717) is 11.7 Å². The molecule has 2 aromatic carbocycles. The standard InChI is InChI=1S/C24H21N5O2S/c25-13-6-14-29(17-7-2-1-3-8-17)23(31)12-11-22(30)28-24-27-21(16-32-24)19-15-26-20-10-5-4-9-18(19)20/h1-5,7-10,15-16,26H,6,11-12,14H2,(H,27,28,30). The number of fused-ring (bicyclic) bond motifs is 1. The van der Waals surface area contributed by atoms with Crippen molar-refractivity contribution in [2.45, 2.75) is 19.3 Å². The van der Waals surface area contributed by atoms with Crippen LogP contribution in [0.5, 0.6) is 0 Å². The van der Waals surface area contributed by atoms with Gasteiger partial charge in [-0.1, -0.05) is 36.4 Å². The molecule has 4 aromatic rings. The van der Waals surface area contributed by atoms with Crippen LogP contribution in [0.2, 0.25) is 0 Å². The number of carbonyl (C=O) groups excluding carboxylic acids is 2. The van der Waals surface area contributed by atoms with Crippen molar-refractivity contribution in [1.82, 2.24) is 9.97 Å². The van der Waals surface area contributed by atoms with Crippen molar-refractivity contribution >= 4 is 44.9 Å². The molecule has 8 heteroatoms. The van der Waals surface area contributed by atoms with Crippen LogP contribution >= 0.6 is 11.3 Å². The second-order valence-electron chi connectivity index (χ2n) is 7.12. The van der Waals surface area contributed by atoms with Gasteiger partial charge in [0.25, 0.3) is 0 Å². The molecule has 0 spiro atoms. The molecular weight excluding hydrogens is 422 g/mol. The zero-order chi connectivity index (χ0) is 22.3. The van der Waals surface area contributed by atoms with Gasteiger partial charge in [0, 0.05) is 53.1 Å². The van der Waals surface area contributed by atoms with E-state index in [4.69, 9.17) is 5.26 Å². The van der Waals surface area contributed by atoms with E-state index >= 15 is 0 Å². The first-order chi connectivity index (χ1) is 15.7. The van der Waals surface area contributed by atoms with Crippen LogP contribution in [0.15, 0.2) is 66.2 Å². The molecule has 0 unspecified atom stereocenters. The Morgan fingerprint density at radius 1 is 1.09 bits per heavy atom. The number of H-pyrrole nitrogens is 1. The van der Waals surface area contributed by atoms with Gasteiger partial charge >= 0.3 is 0 Å². The third-order valence-corrected chi connectivity index (χ3v) is 5.76. The summed E-state index contributed by atoms with van der Waals surface area (Å²) in [5.74, 6) is -0.466. The molecule has 7 nitrogen and oxygen atoms in total. The highest BCUT2D eigenvalue weighted by molar-refractivity contribution is 7.14. The van der Waals surface area contributed by atoms with Gasteiger partial charge in [0.15, 0.2) is 5.13 Å². The van der Waals surface area contributed by atoms with Crippen LogP contribution in [-0.4, -0.2) is 28.3 Å². The normalized spacial score (nSPS) is 10.6. The van der Waals surface area contributed by atoms with Crippen molar-refractivity contribution < 1.29 is 9.59 Å². The first-order valence-corrected chi connectivity index (χ1v) is 11.1. The van der Waals surface area contributed by atoms with Crippen molar-refractivity contribution in [3.8, 4) is 17.3 Å². The van der Waals surface area contributed by atoms with Gasteiger partial charge in [0.2, 0.25) is 11.8 Å². The van der Waals surface area contributed by atoms with E-state index in [0.717, 1.165) is 27.8 Å². The first-order valence-electron chi connectivity index (χ1n) is 10.2. The molecule has 0 radical (unpaired) electrons. The van der Waals surface area contributed by atoms with E-state index in [1.54, 1.807) is 4.90 Å². The molecule has 2 aromatic heterocycles. The number of para-hydroxylation sites is 2. The Hall–Kier alpha value is -3.96. The molecule has 4 rings (SSSR count). The summed E-state index contributed by atoms with van der Waals surface area (Å²) in [6.45, 7) is 0.293. The van der Waals surface area contributed by atoms with Gasteiger partial charge in [-0.15, -0.1) is 11.3 Å². The number of thiazole rings is 1. The number of rotatable bonds is 8. The van der Waals surface area contributed by atoms with Gasteiger partial charge in [-0.3, -0.25) is 9.59 Å². The zero-order valence-electron chi connectivity index (χ0n) is 17.2. The molecule has 0 fully saturated rings. The lowest BCUT2D eigenvalue weighted by molar-refractivity contribution is -0.122. The summed E-state index contributed by atoms with van der Waals surface area (Å²) in [5, 5.41) is 15.1. The Labute approximate surface area is 189 Å². The Morgan fingerprint density at radius 2 is 1.88 bits per heavy atom. The number of anilines is 2. The average molecular weight is 444 g/mol. The number of carbonyl (C=O) groups is 2.